The predicted molar refractivity (Wildman–Crippen MR) is 45.0 cm³/mol. The molecule has 0 aromatic rings. The van der Waals surface area contributed by atoms with Gasteiger partial charge in [0.2, 0.25) is 0 Å². The van der Waals surface area contributed by atoms with Crippen LogP contribution in [0.15, 0.2) is 0 Å². The van der Waals surface area contributed by atoms with Crippen LogP contribution in [-0.4, -0.2) is 18.9 Å². The minimum absolute atomic E-state index is 0.272. The lowest BCUT2D eigenvalue weighted by Gasteiger charge is -2.32. The Morgan fingerprint density at radius 1 is 1.25 bits per heavy atom. The van der Waals surface area contributed by atoms with Gasteiger partial charge in [-0.3, -0.25) is 0 Å². The number of hydrogen-bond acceptors (Lipinski definition) is 3. The molecular weight excluding hydrogens is 156 g/mol. The molecular formula is C9H16O3. The summed E-state index contributed by atoms with van der Waals surface area (Å²) >= 11 is 0. The number of methoxy groups -OCH3 is 1. The summed E-state index contributed by atoms with van der Waals surface area (Å²) in [6.45, 7) is 1.98. The van der Waals surface area contributed by atoms with Gasteiger partial charge in [-0.25, -0.2) is 4.79 Å². The van der Waals surface area contributed by atoms with E-state index in [2.05, 4.69) is 4.74 Å². The van der Waals surface area contributed by atoms with Crippen LogP contribution in [0.3, 0.4) is 0 Å². The number of hydrogen-bond donors (Lipinski definition) is 0. The van der Waals surface area contributed by atoms with Crippen molar-refractivity contribution in [1.29, 1.82) is 0 Å². The minimum atomic E-state index is -0.556. The molecule has 0 aromatic heterocycles. The molecule has 1 rings (SSSR count). The third-order valence-corrected chi connectivity index (χ3v) is 2.41. The monoisotopic (exact) mass is 172 g/mol. The maximum atomic E-state index is 10.8. The summed E-state index contributed by atoms with van der Waals surface area (Å²) in [5.74, 6) is 0. The Balaban J connectivity index is 2.41. The van der Waals surface area contributed by atoms with Gasteiger partial charge >= 0.3 is 6.16 Å². The van der Waals surface area contributed by atoms with Gasteiger partial charge in [0.25, 0.3) is 0 Å². The van der Waals surface area contributed by atoms with Gasteiger partial charge in [-0.2, -0.15) is 0 Å². The van der Waals surface area contributed by atoms with Crippen molar-refractivity contribution in [3.63, 3.8) is 0 Å². The van der Waals surface area contributed by atoms with E-state index in [1.165, 1.54) is 13.5 Å². The zero-order valence-electron chi connectivity index (χ0n) is 7.76. The molecule has 0 heterocycles. The molecule has 1 saturated carbocycles. The van der Waals surface area contributed by atoms with E-state index in [1.54, 1.807) is 0 Å². The number of carbonyl (C=O) groups is 1. The molecule has 0 unspecified atom stereocenters. The fraction of sp³-hybridized carbons (Fsp3) is 0.889. The lowest BCUT2D eigenvalue weighted by molar-refractivity contribution is -0.0368. The Bertz CT molecular complexity index is 159. The van der Waals surface area contributed by atoms with E-state index in [4.69, 9.17) is 4.74 Å². The van der Waals surface area contributed by atoms with Gasteiger partial charge < -0.3 is 9.47 Å². The number of carbonyl (C=O) groups excluding carboxylic acids is 1. The van der Waals surface area contributed by atoms with Crippen molar-refractivity contribution < 1.29 is 14.3 Å². The standard InChI is InChI=1S/C9H16O3/c1-9(12-8(10)11-2)6-4-3-5-7-9/h3-7H2,1-2H3. The number of ether oxygens (including phenoxy) is 2. The van der Waals surface area contributed by atoms with Crippen LogP contribution in [0.25, 0.3) is 0 Å². The maximum absolute atomic E-state index is 10.8. The molecule has 0 saturated heterocycles. The second-order valence-electron chi connectivity index (χ2n) is 3.57. The minimum Gasteiger partial charge on any atom is -0.438 e. The highest BCUT2D eigenvalue weighted by atomic mass is 16.7. The summed E-state index contributed by atoms with van der Waals surface area (Å²) in [7, 11) is 1.34. The molecule has 0 aromatic carbocycles. The van der Waals surface area contributed by atoms with Crippen molar-refractivity contribution in [1.82, 2.24) is 0 Å². The summed E-state index contributed by atoms with van der Waals surface area (Å²) in [5, 5.41) is 0. The highest BCUT2D eigenvalue weighted by Crippen LogP contribution is 2.31. The van der Waals surface area contributed by atoms with Gasteiger partial charge in [0.15, 0.2) is 0 Å². The average Bonchev–Trinajstić information content (AvgIpc) is 2.05. The molecule has 0 amide bonds. The molecule has 0 radical (unpaired) electrons. The van der Waals surface area contributed by atoms with Crippen molar-refractivity contribution in [2.45, 2.75) is 44.6 Å². The topological polar surface area (TPSA) is 35.5 Å². The highest BCUT2D eigenvalue weighted by molar-refractivity contribution is 5.60. The average molecular weight is 172 g/mol. The lowest BCUT2D eigenvalue weighted by Crippen LogP contribution is -2.33. The second kappa shape index (κ2) is 3.78. The third kappa shape index (κ3) is 2.40. The van der Waals surface area contributed by atoms with Gasteiger partial charge in [-0.05, 0) is 32.6 Å². The molecule has 0 bridgehead atoms. The zero-order chi connectivity index (χ0) is 9.03. The second-order valence-corrected chi connectivity index (χ2v) is 3.57. The summed E-state index contributed by atoms with van der Waals surface area (Å²) < 4.78 is 9.62. The van der Waals surface area contributed by atoms with E-state index < -0.39 is 6.16 Å². The summed E-state index contributed by atoms with van der Waals surface area (Å²) in [6.07, 6.45) is 4.91. The van der Waals surface area contributed by atoms with Crippen LogP contribution in [0, 0.1) is 0 Å². The molecule has 12 heavy (non-hydrogen) atoms. The van der Waals surface area contributed by atoms with E-state index in [-0.39, 0.29) is 5.60 Å². The van der Waals surface area contributed by atoms with Crippen molar-refractivity contribution in [3.05, 3.63) is 0 Å². The van der Waals surface area contributed by atoms with E-state index >= 15 is 0 Å². The van der Waals surface area contributed by atoms with Gasteiger partial charge in [-0.15, -0.1) is 0 Å². The fourth-order valence-electron chi connectivity index (χ4n) is 1.64. The van der Waals surface area contributed by atoms with E-state index in [0.717, 1.165) is 25.7 Å². The summed E-state index contributed by atoms with van der Waals surface area (Å²) in [4.78, 5) is 10.8. The van der Waals surface area contributed by atoms with Crippen LogP contribution in [0.2, 0.25) is 0 Å². The molecule has 0 spiro atoms. The third-order valence-electron chi connectivity index (χ3n) is 2.41. The summed E-state index contributed by atoms with van der Waals surface area (Å²) in [6, 6.07) is 0. The normalized spacial score (nSPS) is 21.5. The van der Waals surface area contributed by atoms with Crippen molar-refractivity contribution in [2.75, 3.05) is 7.11 Å². The Hall–Kier alpha value is -0.730. The number of rotatable bonds is 1. The molecule has 0 aliphatic heterocycles. The largest absolute Gasteiger partial charge is 0.508 e. The first-order valence-corrected chi connectivity index (χ1v) is 4.43. The van der Waals surface area contributed by atoms with Crippen LogP contribution < -0.4 is 0 Å². The quantitative estimate of drug-likeness (QED) is 0.570. The van der Waals surface area contributed by atoms with Crippen LogP contribution in [-0.2, 0) is 9.47 Å². The van der Waals surface area contributed by atoms with E-state index in [1.807, 2.05) is 6.92 Å². The fourth-order valence-corrected chi connectivity index (χ4v) is 1.64. The van der Waals surface area contributed by atoms with Crippen LogP contribution in [0.4, 0.5) is 4.79 Å². The van der Waals surface area contributed by atoms with Crippen molar-refractivity contribution >= 4 is 6.16 Å². The molecule has 70 valence electrons. The Kier molecular flexibility index (Phi) is 2.95. The molecule has 0 N–H and O–H groups in total. The first-order chi connectivity index (χ1) is 5.66. The molecule has 1 aliphatic rings. The lowest BCUT2D eigenvalue weighted by atomic mass is 9.86. The van der Waals surface area contributed by atoms with Crippen LogP contribution in [0.1, 0.15) is 39.0 Å². The predicted octanol–water partition coefficient (Wildman–Crippen LogP) is 2.49. The van der Waals surface area contributed by atoms with Gasteiger partial charge in [0.1, 0.15) is 5.60 Å². The molecule has 0 atom stereocenters. The van der Waals surface area contributed by atoms with Crippen LogP contribution in [0.5, 0.6) is 0 Å². The molecule has 3 nitrogen and oxygen atoms in total. The van der Waals surface area contributed by atoms with Crippen molar-refractivity contribution in [3.8, 4) is 0 Å². The first-order valence-electron chi connectivity index (χ1n) is 4.43. The zero-order valence-corrected chi connectivity index (χ0v) is 7.76. The van der Waals surface area contributed by atoms with Gasteiger partial charge in [0, 0.05) is 0 Å². The molecule has 1 fully saturated rings. The smallest absolute Gasteiger partial charge is 0.438 e. The van der Waals surface area contributed by atoms with Crippen LogP contribution >= 0.6 is 0 Å². The van der Waals surface area contributed by atoms with Gasteiger partial charge in [-0.1, -0.05) is 6.42 Å². The van der Waals surface area contributed by atoms with E-state index in [0.29, 0.717) is 0 Å². The van der Waals surface area contributed by atoms with Crippen molar-refractivity contribution in [2.24, 2.45) is 0 Å². The summed E-state index contributed by atoms with van der Waals surface area (Å²) in [5.41, 5.74) is -0.272. The molecule has 1 aliphatic carbocycles. The Labute approximate surface area is 73.0 Å². The first kappa shape index (κ1) is 9.36. The maximum Gasteiger partial charge on any atom is 0.508 e. The SMILES string of the molecule is COC(=O)OC1(C)CCCCC1. The van der Waals surface area contributed by atoms with Gasteiger partial charge in [0.05, 0.1) is 7.11 Å². The Morgan fingerprint density at radius 2 is 1.83 bits per heavy atom. The van der Waals surface area contributed by atoms with E-state index in [9.17, 15) is 4.79 Å². The highest BCUT2D eigenvalue weighted by Gasteiger charge is 2.30. The molecule has 3 heteroatoms. The Morgan fingerprint density at radius 3 is 2.33 bits per heavy atom.